The first-order valence-corrected chi connectivity index (χ1v) is 12.6. The van der Waals surface area contributed by atoms with Crippen molar-refractivity contribution < 1.29 is 8.78 Å². The average Bonchev–Trinajstić information content (AvgIpc) is 3.22. The molecule has 1 fully saturated rings. The molecule has 0 amide bonds. The molecule has 0 radical (unpaired) electrons. The summed E-state index contributed by atoms with van der Waals surface area (Å²) in [7, 11) is 0. The van der Waals surface area contributed by atoms with Crippen molar-refractivity contribution in [2.75, 3.05) is 11.9 Å². The molecule has 1 aliphatic heterocycles. The van der Waals surface area contributed by atoms with E-state index in [1.54, 1.807) is 6.07 Å². The van der Waals surface area contributed by atoms with E-state index in [1.165, 1.54) is 6.07 Å². The number of aryl methyl sites for hydroxylation is 1. The van der Waals surface area contributed by atoms with Gasteiger partial charge in [0.05, 0.1) is 11.7 Å². The van der Waals surface area contributed by atoms with Gasteiger partial charge in [0, 0.05) is 36.8 Å². The summed E-state index contributed by atoms with van der Waals surface area (Å²) in [6, 6.07) is 7.24. The monoisotopic (exact) mass is 489 g/mol. The zero-order valence-electron chi connectivity index (χ0n) is 20.5. The molecule has 1 saturated carbocycles. The second kappa shape index (κ2) is 9.20. The Morgan fingerprint density at radius 1 is 1.03 bits per heavy atom. The molecule has 6 rings (SSSR count). The average molecular weight is 490 g/mol. The summed E-state index contributed by atoms with van der Waals surface area (Å²) in [4.78, 5) is 17.7. The molecule has 4 heterocycles. The van der Waals surface area contributed by atoms with Crippen LogP contribution in [-0.4, -0.2) is 31.0 Å². The van der Waals surface area contributed by atoms with Gasteiger partial charge in [-0.2, -0.15) is 0 Å². The lowest BCUT2D eigenvalue weighted by molar-refractivity contribution is 0.291. The van der Waals surface area contributed by atoms with Gasteiger partial charge >= 0.3 is 0 Å². The third kappa shape index (κ3) is 4.21. The van der Waals surface area contributed by atoms with Gasteiger partial charge in [-0.15, -0.1) is 0 Å². The van der Waals surface area contributed by atoms with E-state index in [4.69, 9.17) is 0 Å². The van der Waals surface area contributed by atoms with Gasteiger partial charge in [-0.05, 0) is 62.3 Å². The maximum Gasteiger partial charge on any atom is 0.229 e. The third-order valence-corrected chi connectivity index (χ3v) is 7.46. The standard InChI is InChI=1S/C27H29F2N7/c1-15-3-6-19(7-4-15)36-16(2)32-26-20(28)11-18(12-23(26)36)25-21(29)14-31-27(35-25)34-24-8-5-17-13-30-10-9-22(17)33-24/h5,8,11-12,14-15,19,30H,3-4,6-7,9-10,13H2,1-2H3,(H,31,33,34,35)/t15-,19-. The van der Waals surface area contributed by atoms with E-state index in [2.05, 4.69) is 42.1 Å². The Kier molecular flexibility index (Phi) is 5.87. The van der Waals surface area contributed by atoms with Crippen LogP contribution in [0.1, 0.15) is 55.7 Å². The first-order chi connectivity index (χ1) is 17.5. The molecular weight excluding hydrogens is 460 g/mol. The van der Waals surface area contributed by atoms with Crippen LogP contribution in [0.15, 0.2) is 30.5 Å². The number of aromatic nitrogens is 5. The summed E-state index contributed by atoms with van der Waals surface area (Å²) in [5, 5.41) is 6.41. The highest BCUT2D eigenvalue weighted by atomic mass is 19.1. The number of hydrogen-bond acceptors (Lipinski definition) is 6. The minimum Gasteiger partial charge on any atom is -0.325 e. The summed E-state index contributed by atoms with van der Waals surface area (Å²) in [5.41, 5.74) is 3.58. The molecule has 1 aromatic carbocycles. The van der Waals surface area contributed by atoms with Crippen molar-refractivity contribution >= 4 is 22.8 Å². The Labute approximate surface area is 208 Å². The molecule has 0 spiro atoms. The molecule has 2 N–H and O–H groups in total. The van der Waals surface area contributed by atoms with Gasteiger partial charge in [0.1, 0.15) is 22.9 Å². The van der Waals surface area contributed by atoms with Crippen molar-refractivity contribution in [1.82, 2.24) is 29.8 Å². The van der Waals surface area contributed by atoms with Crippen LogP contribution in [0.3, 0.4) is 0 Å². The Hall–Kier alpha value is -3.46. The molecule has 0 saturated heterocycles. The molecule has 3 aromatic heterocycles. The summed E-state index contributed by atoms with van der Waals surface area (Å²) in [6.07, 6.45) is 6.27. The van der Waals surface area contributed by atoms with Crippen molar-refractivity contribution in [3.05, 3.63) is 59.2 Å². The van der Waals surface area contributed by atoms with Gasteiger partial charge < -0.3 is 15.2 Å². The van der Waals surface area contributed by atoms with E-state index in [1.807, 2.05) is 19.1 Å². The van der Waals surface area contributed by atoms with Gasteiger partial charge in [0.15, 0.2) is 11.6 Å². The highest BCUT2D eigenvalue weighted by molar-refractivity contribution is 5.83. The SMILES string of the molecule is Cc1nc2c(F)cc(-c3nc(Nc4ccc5c(n4)CCNC5)ncc3F)cc2n1[C@H]1CC[C@H](C)CC1. The molecule has 7 nitrogen and oxygen atoms in total. The largest absolute Gasteiger partial charge is 0.325 e. The lowest BCUT2D eigenvalue weighted by atomic mass is 9.87. The molecule has 1 aliphatic carbocycles. The zero-order chi connectivity index (χ0) is 24.8. The number of pyridine rings is 1. The number of nitrogens with zero attached hydrogens (tertiary/aromatic N) is 5. The zero-order valence-corrected chi connectivity index (χ0v) is 20.5. The Morgan fingerprint density at radius 3 is 2.69 bits per heavy atom. The fourth-order valence-corrected chi connectivity index (χ4v) is 5.52. The number of halogens is 2. The second-order valence-electron chi connectivity index (χ2n) is 10.0. The molecule has 9 heteroatoms. The van der Waals surface area contributed by atoms with E-state index in [0.29, 0.717) is 28.3 Å². The van der Waals surface area contributed by atoms with Crippen LogP contribution in [0.5, 0.6) is 0 Å². The van der Waals surface area contributed by atoms with Crippen LogP contribution in [0.4, 0.5) is 20.5 Å². The smallest absolute Gasteiger partial charge is 0.229 e. The quantitative estimate of drug-likeness (QED) is 0.388. The maximum atomic E-state index is 15.2. The van der Waals surface area contributed by atoms with E-state index in [0.717, 1.165) is 68.5 Å². The van der Waals surface area contributed by atoms with Crippen molar-refractivity contribution in [3.63, 3.8) is 0 Å². The van der Waals surface area contributed by atoms with Crippen molar-refractivity contribution in [3.8, 4) is 11.3 Å². The summed E-state index contributed by atoms with van der Waals surface area (Å²) < 4.78 is 32.3. The Morgan fingerprint density at radius 2 is 1.86 bits per heavy atom. The minimum atomic E-state index is -0.613. The first-order valence-electron chi connectivity index (χ1n) is 12.6. The molecule has 2 aliphatic rings. The van der Waals surface area contributed by atoms with Crippen LogP contribution >= 0.6 is 0 Å². The number of benzene rings is 1. The first kappa shape index (κ1) is 23.0. The second-order valence-corrected chi connectivity index (χ2v) is 10.0. The van der Waals surface area contributed by atoms with E-state index in [9.17, 15) is 4.39 Å². The fraction of sp³-hybridized carbons (Fsp3) is 0.407. The van der Waals surface area contributed by atoms with Gasteiger partial charge in [-0.3, -0.25) is 0 Å². The topological polar surface area (TPSA) is 80.6 Å². The van der Waals surface area contributed by atoms with E-state index >= 15 is 4.39 Å². The molecule has 36 heavy (non-hydrogen) atoms. The third-order valence-electron chi connectivity index (χ3n) is 7.46. The van der Waals surface area contributed by atoms with Crippen LogP contribution < -0.4 is 10.6 Å². The van der Waals surface area contributed by atoms with Gasteiger partial charge in [0.2, 0.25) is 5.95 Å². The van der Waals surface area contributed by atoms with Gasteiger partial charge in [0.25, 0.3) is 0 Å². The molecule has 0 bridgehead atoms. The number of fused-ring (bicyclic) bond motifs is 2. The maximum absolute atomic E-state index is 15.2. The predicted molar refractivity (Wildman–Crippen MR) is 135 cm³/mol. The van der Waals surface area contributed by atoms with Crippen molar-refractivity contribution in [1.29, 1.82) is 0 Å². The molecule has 0 unspecified atom stereocenters. The van der Waals surface area contributed by atoms with E-state index < -0.39 is 11.6 Å². The van der Waals surface area contributed by atoms with Crippen LogP contribution in [0, 0.1) is 24.5 Å². The van der Waals surface area contributed by atoms with Gasteiger partial charge in [-0.25, -0.2) is 28.7 Å². The lowest BCUT2D eigenvalue weighted by Crippen LogP contribution is -2.24. The summed E-state index contributed by atoms with van der Waals surface area (Å²) in [5.74, 6) is 1.18. The lowest BCUT2D eigenvalue weighted by Gasteiger charge is -2.28. The fourth-order valence-electron chi connectivity index (χ4n) is 5.52. The van der Waals surface area contributed by atoms with E-state index in [-0.39, 0.29) is 17.7 Å². The number of rotatable bonds is 4. The number of hydrogen-bond donors (Lipinski definition) is 2. The van der Waals surface area contributed by atoms with Gasteiger partial charge in [-0.1, -0.05) is 13.0 Å². The predicted octanol–water partition coefficient (Wildman–Crippen LogP) is 5.62. The molecule has 186 valence electrons. The normalized spacial score (nSPS) is 19.9. The number of nitrogens with one attached hydrogen (secondary N) is 2. The summed E-state index contributed by atoms with van der Waals surface area (Å²) in [6.45, 7) is 5.85. The Bertz CT molecular complexity index is 1440. The van der Waals surface area contributed by atoms with Crippen molar-refractivity contribution in [2.24, 2.45) is 5.92 Å². The Balaban J connectivity index is 1.36. The van der Waals surface area contributed by atoms with Crippen LogP contribution in [-0.2, 0) is 13.0 Å². The number of anilines is 2. The minimum absolute atomic E-state index is 0.0399. The molecular formula is C27H29F2N7. The number of imidazole rings is 1. The van der Waals surface area contributed by atoms with Crippen LogP contribution in [0.2, 0.25) is 0 Å². The highest BCUT2D eigenvalue weighted by Gasteiger charge is 2.25. The van der Waals surface area contributed by atoms with Crippen LogP contribution in [0.25, 0.3) is 22.3 Å². The molecule has 0 atom stereocenters. The summed E-state index contributed by atoms with van der Waals surface area (Å²) >= 11 is 0. The molecule has 4 aromatic rings. The highest BCUT2D eigenvalue weighted by Crippen LogP contribution is 2.37. The van der Waals surface area contributed by atoms with Crippen molar-refractivity contribution in [2.45, 2.75) is 58.5 Å².